The third-order valence-electron chi connectivity index (χ3n) is 5.95. The van der Waals surface area contributed by atoms with Crippen molar-refractivity contribution in [1.29, 1.82) is 0 Å². The maximum atomic E-state index is 13.5. The molecule has 7 heteroatoms. The van der Waals surface area contributed by atoms with Gasteiger partial charge in [0.15, 0.2) is 5.60 Å². The maximum Gasteiger partial charge on any atom is 0.339 e. The number of ether oxygens (including phenoxy) is 1. The molecular formula is C27H22FN3O3. The van der Waals surface area contributed by atoms with Crippen LogP contribution in [0, 0.1) is 5.82 Å². The summed E-state index contributed by atoms with van der Waals surface area (Å²) in [5.41, 5.74) is 2.00. The second-order valence-electron chi connectivity index (χ2n) is 8.47. The second-order valence-corrected chi connectivity index (χ2v) is 8.47. The predicted octanol–water partition coefficient (Wildman–Crippen LogP) is 4.85. The first-order valence-electron chi connectivity index (χ1n) is 10.9. The lowest BCUT2D eigenvalue weighted by atomic mass is 9.89. The Morgan fingerprint density at radius 2 is 1.76 bits per heavy atom. The number of cyclic esters (lactones) is 1. The van der Waals surface area contributed by atoms with Crippen molar-refractivity contribution in [3.63, 3.8) is 0 Å². The minimum absolute atomic E-state index is 0.249. The van der Waals surface area contributed by atoms with Gasteiger partial charge in [-0.2, -0.15) is 0 Å². The van der Waals surface area contributed by atoms with Crippen LogP contribution in [0.4, 0.5) is 10.2 Å². The standard InChI is InChI=1S/C27H22FN3O3/c1-27(15-20-9-5-6-10-22(20)25(32)34-27)26(33)30-24-23(19-11-13-21(28)14-12-19)29-17-31(24)16-18-7-3-2-4-8-18/h2-14,17H,15-16H2,1H3,(H,30,33). The van der Waals surface area contributed by atoms with Gasteiger partial charge < -0.3 is 14.6 Å². The fraction of sp³-hybridized carbons (Fsp3) is 0.148. The van der Waals surface area contributed by atoms with Crippen molar-refractivity contribution < 1.29 is 18.7 Å². The lowest BCUT2D eigenvalue weighted by Crippen LogP contribution is -2.49. The fourth-order valence-electron chi connectivity index (χ4n) is 4.13. The van der Waals surface area contributed by atoms with Gasteiger partial charge in [0.2, 0.25) is 0 Å². The van der Waals surface area contributed by atoms with Gasteiger partial charge in [-0.3, -0.25) is 4.79 Å². The van der Waals surface area contributed by atoms with Crippen molar-refractivity contribution in [2.75, 3.05) is 5.32 Å². The normalized spacial score (nSPS) is 17.1. The molecule has 1 N–H and O–H groups in total. The van der Waals surface area contributed by atoms with E-state index in [0.717, 1.165) is 11.1 Å². The molecule has 0 bridgehead atoms. The van der Waals surface area contributed by atoms with Crippen molar-refractivity contribution in [3.8, 4) is 11.3 Å². The molecule has 5 rings (SSSR count). The Kier molecular flexibility index (Phi) is 5.45. The molecule has 1 amide bonds. The van der Waals surface area contributed by atoms with Crippen LogP contribution >= 0.6 is 0 Å². The Labute approximate surface area is 196 Å². The van der Waals surface area contributed by atoms with E-state index in [0.29, 0.717) is 29.2 Å². The van der Waals surface area contributed by atoms with Crippen LogP contribution < -0.4 is 5.32 Å². The summed E-state index contributed by atoms with van der Waals surface area (Å²) in [7, 11) is 0. The molecule has 1 unspecified atom stereocenters. The number of nitrogens with one attached hydrogen (secondary N) is 1. The minimum Gasteiger partial charge on any atom is -0.445 e. The highest BCUT2D eigenvalue weighted by atomic mass is 19.1. The minimum atomic E-state index is -1.40. The third-order valence-corrected chi connectivity index (χ3v) is 5.95. The molecule has 4 aromatic rings. The Bertz CT molecular complexity index is 1370. The number of benzene rings is 3. The average molecular weight is 455 g/mol. The van der Waals surface area contributed by atoms with Crippen molar-refractivity contribution in [3.05, 3.63) is 108 Å². The highest BCUT2D eigenvalue weighted by Gasteiger charge is 2.43. The van der Waals surface area contributed by atoms with Crippen LogP contribution in [-0.2, 0) is 22.5 Å². The van der Waals surface area contributed by atoms with Gasteiger partial charge in [-0.25, -0.2) is 14.2 Å². The van der Waals surface area contributed by atoms with E-state index in [2.05, 4.69) is 10.3 Å². The van der Waals surface area contributed by atoms with Crippen molar-refractivity contribution >= 4 is 17.7 Å². The number of carbonyl (C=O) groups excluding carboxylic acids is 2. The number of rotatable bonds is 5. The van der Waals surface area contributed by atoms with Crippen LogP contribution in [0.2, 0.25) is 0 Å². The molecule has 0 aliphatic carbocycles. The highest BCUT2D eigenvalue weighted by Crippen LogP contribution is 2.32. The average Bonchev–Trinajstić information content (AvgIpc) is 3.22. The first-order chi connectivity index (χ1) is 16.4. The summed E-state index contributed by atoms with van der Waals surface area (Å²) in [5, 5.41) is 2.94. The number of carbonyl (C=O) groups is 2. The first kappa shape index (κ1) is 21.6. The number of hydrogen-bond donors (Lipinski definition) is 1. The van der Waals surface area contributed by atoms with Gasteiger partial charge in [-0.1, -0.05) is 48.5 Å². The molecule has 1 aliphatic rings. The van der Waals surface area contributed by atoms with E-state index >= 15 is 0 Å². The Hall–Kier alpha value is -4.26. The third kappa shape index (κ3) is 4.08. The van der Waals surface area contributed by atoms with E-state index in [4.69, 9.17) is 4.74 Å². The molecular weight excluding hydrogens is 433 g/mol. The SMILES string of the molecule is CC1(C(=O)Nc2c(-c3ccc(F)cc3)ncn2Cc2ccccc2)Cc2ccccc2C(=O)O1. The van der Waals surface area contributed by atoms with Gasteiger partial charge in [0, 0.05) is 12.0 Å². The molecule has 1 atom stereocenters. The number of halogens is 1. The van der Waals surface area contributed by atoms with E-state index in [-0.39, 0.29) is 12.2 Å². The summed E-state index contributed by atoms with van der Waals surface area (Å²) < 4.78 is 20.9. The zero-order valence-electron chi connectivity index (χ0n) is 18.5. The van der Waals surface area contributed by atoms with Crippen LogP contribution in [-0.4, -0.2) is 27.0 Å². The monoisotopic (exact) mass is 455 g/mol. The Morgan fingerprint density at radius 3 is 2.53 bits per heavy atom. The number of imidazole rings is 1. The number of nitrogens with zero attached hydrogens (tertiary/aromatic N) is 2. The van der Waals surface area contributed by atoms with Crippen LogP contribution in [0.3, 0.4) is 0 Å². The molecule has 0 saturated carbocycles. The van der Waals surface area contributed by atoms with Gasteiger partial charge in [0.25, 0.3) is 5.91 Å². The number of hydrogen-bond acceptors (Lipinski definition) is 4. The summed E-state index contributed by atoms with van der Waals surface area (Å²) in [6.07, 6.45) is 1.88. The maximum absolute atomic E-state index is 13.5. The Balaban J connectivity index is 1.50. The van der Waals surface area contributed by atoms with Gasteiger partial charge in [0.05, 0.1) is 18.4 Å². The summed E-state index contributed by atoms with van der Waals surface area (Å²) in [6.45, 7) is 2.07. The zero-order chi connectivity index (χ0) is 23.7. The molecule has 0 spiro atoms. The number of fused-ring (bicyclic) bond motifs is 1. The summed E-state index contributed by atoms with van der Waals surface area (Å²) >= 11 is 0. The summed E-state index contributed by atoms with van der Waals surface area (Å²) in [5.74, 6) is -0.917. The number of esters is 1. The lowest BCUT2D eigenvalue weighted by molar-refractivity contribution is -0.134. The molecule has 2 heterocycles. The molecule has 0 fully saturated rings. The largest absolute Gasteiger partial charge is 0.445 e. The number of aromatic nitrogens is 2. The van der Waals surface area contributed by atoms with Crippen LogP contribution in [0.25, 0.3) is 11.3 Å². The van der Waals surface area contributed by atoms with E-state index < -0.39 is 17.5 Å². The lowest BCUT2D eigenvalue weighted by Gasteiger charge is -2.33. The van der Waals surface area contributed by atoms with Crippen LogP contribution in [0.15, 0.2) is 85.2 Å². The molecule has 0 radical (unpaired) electrons. The molecule has 170 valence electrons. The van der Waals surface area contributed by atoms with Gasteiger partial charge >= 0.3 is 5.97 Å². The second kappa shape index (κ2) is 8.59. The Morgan fingerprint density at radius 1 is 1.06 bits per heavy atom. The van der Waals surface area contributed by atoms with E-state index in [1.807, 2.05) is 47.0 Å². The van der Waals surface area contributed by atoms with E-state index in [1.165, 1.54) is 12.1 Å². The van der Waals surface area contributed by atoms with Crippen molar-refractivity contribution in [2.45, 2.75) is 25.5 Å². The molecule has 34 heavy (non-hydrogen) atoms. The number of anilines is 1. The van der Waals surface area contributed by atoms with Crippen LogP contribution in [0.1, 0.15) is 28.4 Å². The van der Waals surface area contributed by atoms with E-state index in [1.54, 1.807) is 37.5 Å². The molecule has 1 aliphatic heterocycles. The van der Waals surface area contributed by atoms with E-state index in [9.17, 15) is 14.0 Å². The first-order valence-corrected chi connectivity index (χ1v) is 10.9. The molecule has 3 aromatic carbocycles. The quantitative estimate of drug-likeness (QED) is 0.437. The van der Waals surface area contributed by atoms with Gasteiger partial charge in [-0.05, 0) is 48.4 Å². The molecule has 1 aromatic heterocycles. The van der Waals surface area contributed by atoms with Crippen molar-refractivity contribution in [2.24, 2.45) is 0 Å². The van der Waals surface area contributed by atoms with Gasteiger partial charge in [0.1, 0.15) is 17.3 Å². The fourth-order valence-corrected chi connectivity index (χ4v) is 4.13. The number of amides is 1. The van der Waals surface area contributed by atoms with Crippen molar-refractivity contribution in [1.82, 2.24) is 9.55 Å². The molecule has 0 saturated heterocycles. The smallest absolute Gasteiger partial charge is 0.339 e. The zero-order valence-corrected chi connectivity index (χ0v) is 18.5. The van der Waals surface area contributed by atoms with Crippen LogP contribution in [0.5, 0.6) is 0 Å². The highest BCUT2D eigenvalue weighted by molar-refractivity contribution is 6.03. The van der Waals surface area contributed by atoms with Gasteiger partial charge in [-0.15, -0.1) is 0 Å². The summed E-state index contributed by atoms with van der Waals surface area (Å²) in [4.78, 5) is 30.6. The topological polar surface area (TPSA) is 73.2 Å². The molecule has 6 nitrogen and oxygen atoms in total. The summed E-state index contributed by atoms with van der Waals surface area (Å²) in [6, 6.07) is 22.8. The predicted molar refractivity (Wildman–Crippen MR) is 126 cm³/mol.